The van der Waals surface area contributed by atoms with E-state index in [2.05, 4.69) is 58.2 Å². The van der Waals surface area contributed by atoms with Gasteiger partial charge in [-0.1, -0.05) is 12.0 Å². The molecule has 0 spiro atoms. The van der Waals surface area contributed by atoms with Crippen LogP contribution in [0.25, 0.3) is 10.9 Å². The number of aryl methyl sites for hydroxylation is 2. The van der Waals surface area contributed by atoms with Crippen LogP contribution in [0, 0.1) is 18.8 Å². The molecule has 1 fully saturated rings. The van der Waals surface area contributed by atoms with E-state index in [0.717, 1.165) is 55.2 Å². The maximum atomic E-state index is 11.7. The lowest BCUT2D eigenvalue weighted by molar-refractivity contribution is 0.0905. The van der Waals surface area contributed by atoms with Gasteiger partial charge in [0.15, 0.2) is 9.84 Å². The van der Waals surface area contributed by atoms with Gasteiger partial charge in [0.05, 0.1) is 22.7 Å². The molecule has 0 unspecified atom stereocenters. The summed E-state index contributed by atoms with van der Waals surface area (Å²) in [6, 6.07) is 14.1. The first-order valence-electron chi connectivity index (χ1n) is 11.4. The fourth-order valence-corrected chi connectivity index (χ4v) is 4.96. The first-order valence-corrected chi connectivity index (χ1v) is 13.3. The van der Waals surface area contributed by atoms with Gasteiger partial charge in [-0.2, -0.15) is 0 Å². The lowest BCUT2D eigenvalue weighted by Crippen LogP contribution is -2.27. The number of aromatic nitrogens is 1. The quantitative estimate of drug-likeness (QED) is 0.527. The Hall–Kier alpha value is -2.95. The summed E-state index contributed by atoms with van der Waals surface area (Å²) in [6.45, 7) is 6.96. The molecule has 0 radical (unpaired) electrons. The second-order valence-corrected chi connectivity index (χ2v) is 10.5. The fraction of sp³-hybridized carbons (Fsp3) is 0.385. The van der Waals surface area contributed by atoms with Crippen molar-refractivity contribution in [3.05, 3.63) is 53.7 Å². The Labute approximate surface area is 196 Å². The van der Waals surface area contributed by atoms with Crippen LogP contribution in [0.3, 0.4) is 0 Å². The number of hydrogen-bond donors (Lipinski definition) is 2. The Morgan fingerprint density at radius 1 is 1.12 bits per heavy atom. The molecule has 2 N–H and O–H groups in total. The largest absolute Gasteiger partial charge is 0.382 e. The van der Waals surface area contributed by atoms with E-state index in [-0.39, 0.29) is 0 Å². The average Bonchev–Trinajstić information content (AvgIpc) is 3.16. The standard InChI is InChI=1S/C26H31N3O3S/c1-4-29-21(7-6-14-27-24-11-10-22(17-19(24)2)33(3,30)31)18-23-25(8-5-9-26(23)29)28-20-12-15-32-16-13-20/h5,8-11,17-18,20,27-28H,4,12-16H2,1-3H3. The van der Waals surface area contributed by atoms with Crippen LogP contribution in [0.1, 0.15) is 31.0 Å². The number of sulfone groups is 1. The van der Waals surface area contributed by atoms with Gasteiger partial charge in [-0.25, -0.2) is 8.42 Å². The number of nitrogens with one attached hydrogen (secondary N) is 2. The van der Waals surface area contributed by atoms with Crippen LogP contribution in [0.4, 0.5) is 11.4 Å². The normalized spacial score (nSPS) is 14.6. The fourth-order valence-electron chi connectivity index (χ4n) is 4.26. The zero-order valence-electron chi connectivity index (χ0n) is 19.4. The van der Waals surface area contributed by atoms with E-state index in [9.17, 15) is 8.42 Å². The van der Waals surface area contributed by atoms with E-state index in [0.29, 0.717) is 17.5 Å². The summed E-state index contributed by atoms with van der Waals surface area (Å²) in [5, 5.41) is 8.19. The molecule has 1 saturated heterocycles. The van der Waals surface area contributed by atoms with Gasteiger partial charge in [-0.15, -0.1) is 0 Å². The van der Waals surface area contributed by atoms with E-state index < -0.39 is 9.84 Å². The van der Waals surface area contributed by atoms with Gasteiger partial charge in [-0.05, 0) is 74.6 Å². The Morgan fingerprint density at radius 2 is 1.91 bits per heavy atom. The maximum Gasteiger partial charge on any atom is 0.175 e. The van der Waals surface area contributed by atoms with Crippen molar-refractivity contribution >= 4 is 32.1 Å². The Bertz CT molecular complexity index is 1310. The monoisotopic (exact) mass is 465 g/mol. The molecule has 0 bridgehead atoms. The third-order valence-electron chi connectivity index (χ3n) is 6.05. The summed E-state index contributed by atoms with van der Waals surface area (Å²) in [4.78, 5) is 0.328. The molecule has 1 aromatic heterocycles. The van der Waals surface area contributed by atoms with Gasteiger partial charge in [-0.3, -0.25) is 0 Å². The molecule has 1 aliphatic heterocycles. The number of hydrogen-bond acceptors (Lipinski definition) is 5. The van der Waals surface area contributed by atoms with Crippen molar-refractivity contribution in [2.24, 2.45) is 0 Å². The molecule has 0 atom stereocenters. The molecule has 7 heteroatoms. The van der Waals surface area contributed by atoms with E-state index in [4.69, 9.17) is 4.74 Å². The van der Waals surface area contributed by atoms with Crippen LogP contribution in [-0.2, 0) is 21.1 Å². The van der Waals surface area contributed by atoms with Crippen molar-refractivity contribution in [1.82, 2.24) is 4.57 Å². The van der Waals surface area contributed by atoms with Crippen molar-refractivity contribution < 1.29 is 13.2 Å². The van der Waals surface area contributed by atoms with Gasteiger partial charge in [0.2, 0.25) is 0 Å². The molecule has 0 amide bonds. The predicted octanol–water partition coefficient (Wildman–Crippen LogP) is 4.43. The number of fused-ring (bicyclic) bond motifs is 1. The molecule has 0 aliphatic carbocycles. The van der Waals surface area contributed by atoms with Crippen LogP contribution in [0.5, 0.6) is 0 Å². The second kappa shape index (κ2) is 9.90. The first-order chi connectivity index (χ1) is 15.9. The molecule has 1 aliphatic rings. The van der Waals surface area contributed by atoms with Crippen molar-refractivity contribution in [2.45, 2.75) is 44.2 Å². The van der Waals surface area contributed by atoms with Gasteiger partial charge >= 0.3 is 0 Å². The lowest BCUT2D eigenvalue weighted by atomic mass is 10.1. The molecule has 0 saturated carbocycles. The van der Waals surface area contributed by atoms with Crippen LogP contribution in [0.15, 0.2) is 47.4 Å². The van der Waals surface area contributed by atoms with E-state index in [1.807, 2.05) is 6.92 Å². The van der Waals surface area contributed by atoms with Crippen molar-refractivity contribution in [3.8, 4) is 11.8 Å². The highest BCUT2D eigenvalue weighted by molar-refractivity contribution is 7.90. The van der Waals surface area contributed by atoms with Crippen LogP contribution >= 0.6 is 0 Å². The highest BCUT2D eigenvalue weighted by atomic mass is 32.2. The van der Waals surface area contributed by atoms with E-state index in [1.54, 1.807) is 18.2 Å². The van der Waals surface area contributed by atoms with Gasteiger partial charge in [0.25, 0.3) is 0 Å². The summed E-state index contributed by atoms with van der Waals surface area (Å²) in [7, 11) is -3.21. The van der Waals surface area contributed by atoms with Crippen LogP contribution in [-0.4, -0.2) is 45.0 Å². The minimum Gasteiger partial charge on any atom is -0.382 e. The number of nitrogens with zero attached hydrogens (tertiary/aromatic N) is 1. The van der Waals surface area contributed by atoms with Gasteiger partial charge in [0, 0.05) is 48.8 Å². The molecule has 6 nitrogen and oxygen atoms in total. The van der Waals surface area contributed by atoms with Crippen LogP contribution < -0.4 is 10.6 Å². The lowest BCUT2D eigenvalue weighted by Gasteiger charge is -2.24. The summed E-state index contributed by atoms with van der Waals surface area (Å²) in [6.07, 6.45) is 3.26. The number of anilines is 2. The summed E-state index contributed by atoms with van der Waals surface area (Å²) >= 11 is 0. The summed E-state index contributed by atoms with van der Waals surface area (Å²) in [5.41, 5.74) is 5.08. The highest BCUT2D eigenvalue weighted by Gasteiger charge is 2.16. The molecule has 174 valence electrons. The summed E-state index contributed by atoms with van der Waals surface area (Å²) < 4.78 is 31.2. The third kappa shape index (κ3) is 5.35. The average molecular weight is 466 g/mol. The number of ether oxygens (including phenoxy) is 1. The number of rotatable bonds is 6. The smallest absolute Gasteiger partial charge is 0.175 e. The molecule has 33 heavy (non-hydrogen) atoms. The molecule has 2 heterocycles. The zero-order valence-corrected chi connectivity index (χ0v) is 20.3. The first kappa shape index (κ1) is 23.2. The molecule has 2 aromatic carbocycles. The minimum atomic E-state index is -3.21. The van der Waals surface area contributed by atoms with E-state index >= 15 is 0 Å². The maximum absolute atomic E-state index is 11.7. The topological polar surface area (TPSA) is 72.4 Å². The third-order valence-corrected chi connectivity index (χ3v) is 7.16. The van der Waals surface area contributed by atoms with E-state index in [1.165, 1.54) is 17.2 Å². The molecular weight excluding hydrogens is 434 g/mol. The Kier molecular flexibility index (Phi) is 6.96. The SMILES string of the molecule is CCn1c(C#CCNc2ccc(S(C)(=O)=O)cc2C)cc2c(NC3CCOCC3)cccc21. The Balaban J connectivity index is 1.52. The van der Waals surface area contributed by atoms with Crippen molar-refractivity contribution in [2.75, 3.05) is 36.6 Å². The van der Waals surface area contributed by atoms with Gasteiger partial charge in [0.1, 0.15) is 0 Å². The number of benzene rings is 2. The Morgan fingerprint density at radius 3 is 2.61 bits per heavy atom. The molecular formula is C26H31N3O3S. The minimum absolute atomic E-state index is 0.328. The highest BCUT2D eigenvalue weighted by Crippen LogP contribution is 2.28. The van der Waals surface area contributed by atoms with Crippen molar-refractivity contribution in [1.29, 1.82) is 0 Å². The second-order valence-electron chi connectivity index (χ2n) is 8.45. The zero-order chi connectivity index (χ0) is 23.4. The molecule has 4 rings (SSSR count). The summed E-state index contributed by atoms with van der Waals surface area (Å²) in [5.74, 6) is 6.54. The van der Waals surface area contributed by atoms with Crippen LogP contribution in [0.2, 0.25) is 0 Å². The van der Waals surface area contributed by atoms with Crippen molar-refractivity contribution in [3.63, 3.8) is 0 Å². The predicted molar refractivity (Wildman–Crippen MR) is 135 cm³/mol. The molecule has 3 aromatic rings. The van der Waals surface area contributed by atoms with Gasteiger partial charge < -0.3 is 19.9 Å².